The molecule has 1 unspecified atom stereocenters. The molecule has 1 atom stereocenters. The summed E-state index contributed by atoms with van der Waals surface area (Å²) in [5.74, 6) is 1.99. The minimum absolute atomic E-state index is 0.0182. The van der Waals surface area contributed by atoms with E-state index in [9.17, 15) is 9.59 Å². The Labute approximate surface area is 452 Å². The van der Waals surface area contributed by atoms with E-state index < -0.39 is 11.1 Å². The fourth-order valence-electron chi connectivity index (χ4n) is 11.5. The summed E-state index contributed by atoms with van der Waals surface area (Å²) < 4.78 is 38.7. The molecule has 21 heteroatoms. The van der Waals surface area contributed by atoms with E-state index in [0.717, 1.165) is 63.6 Å². The molecule has 2 aromatic carbocycles. The monoisotopic (exact) mass is 1080 g/mol. The van der Waals surface area contributed by atoms with Gasteiger partial charge in [0.1, 0.15) is 36.2 Å². The van der Waals surface area contributed by atoms with Crippen molar-refractivity contribution < 1.29 is 38.1 Å². The van der Waals surface area contributed by atoms with E-state index in [0.29, 0.717) is 102 Å². The Bertz CT molecular complexity index is 3660. The SMILES string of the molecule is COc1cc2c(cc1-c1cnn(C3CC3)c1)-c1c(c(C(=O)N3CCOCC3(C)Cc3cc(-c4cc5c(cc4OC)OCc4c(C(=O)N6CCN(C(C)=O)CC6(C)C)nn(-c6ccsc6)c4-5)nn3C)nn1-c1ccsc1)CO2. The lowest BCUT2D eigenvalue weighted by Crippen LogP contribution is -2.61. The fourth-order valence-corrected chi connectivity index (χ4v) is 12.8. The minimum Gasteiger partial charge on any atom is -0.496 e. The lowest BCUT2D eigenvalue weighted by Gasteiger charge is -2.46. The molecule has 8 aromatic rings. The highest BCUT2D eigenvalue weighted by Gasteiger charge is 2.44. The molecule has 0 N–H and O–H groups in total. The van der Waals surface area contributed by atoms with Gasteiger partial charge in [-0.05, 0) is 74.7 Å². The van der Waals surface area contributed by atoms with Gasteiger partial charge in [-0.25, -0.2) is 9.36 Å². The van der Waals surface area contributed by atoms with Crippen molar-refractivity contribution >= 4 is 40.4 Å². The van der Waals surface area contributed by atoms with Gasteiger partial charge >= 0.3 is 0 Å². The summed E-state index contributed by atoms with van der Waals surface area (Å²) in [5, 5.41) is 28.0. The molecule has 19 nitrogen and oxygen atoms in total. The fraction of sp³-hybridized carbons (Fsp3) is 0.375. The van der Waals surface area contributed by atoms with E-state index in [1.54, 1.807) is 37.4 Å². The van der Waals surface area contributed by atoms with Crippen LogP contribution in [0.15, 0.2) is 76.4 Å². The van der Waals surface area contributed by atoms with Crippen LogP contribution >= 0.6 is 22.7 Å². The molecule has 13 rings (SSSR count). The maximum Gasteiger partial charge on any atom is 0.275 e. The van der Waals surface area contributed by atoms with Crippen LogP contribution in [0, 0.1) is 0 Å². The van der Waals surface area contributed by atoms with Crippen LogP contribution in [-0.2, 0) is 36.2 Å². The number of rotatable bonds is 11. The standard InChI is InChI=1S/C56H57N11O8S2/c1-32(68)62-12-13-63(55(2,3)30-62)53(69)49-42-26-75-48-22-46(72-7)39(20-41(48)52(42)67(59-49)36-11-17-77-29-36)44-18-37(61(5)58-44)23-56(4)31-73-15-14-64(56)54(70)50-43-27-74-47-21-45(71-6)38(33-24-57-65(25-33)34-8-9-34)19-40(47)51(43)66(60-50)35-10-16-76-28-35/h10-11,16-22,24-25,28-29,34H,8-9,12-15,23,26-27,30-31H2,1-7H3. The molecule has 4 aliphatic heterocycles. The second-order valence-corrected chi connectivity index (χ2v) is 22.9. The summed E-state index contributed by atoms with van der Waals surface area (Å²) in [6.45, 7) is 10.1. The Hall–Kier alpha value is -7.75. The Kier molecular flexibility index (Phi) is 11.7. The average Bonchev–Trinajstić information content (AvgIpc) is 4.31. The van der Waals surface area contributed by atoms with Crippen molar-refractivity contribution in [3.63, 3.8) is 0 Å². The Morgan fingerprint density at radius 3 is 1.94 bits per heavy atom. The van der Waals surface area contributed by atoms with E-state index in [2.05, 4.69) is 24.3 Å². The van der Waals surface area contributed by atoms with Crippen molar-refractivity contribution in [3.05, 3.63) is 105 Å². The lowest BCUT2D eigenvalue weighted by atomic mass is 9.91. The van der Waals surface area contributed by atoms with Crippen molar-refractivity contribution in [2.24, 2.45) is 7.05 Å². The Balaban J connectivity index is 0.839. The molecule has 6 aromatic heterocycles. The number of fused-ring (bicyclic) bond motifs is 6. The highest BCUT2D eigenvalue weighted by atomic mass is 32.1. The maximum absolute atomic E-state index is 15.4. The van der Waals surface area contributed by atoms with Gasteiger partial charge in [0.15, 0.2) is 11.4 Å². The largest absolute Gasteiger partial charge is 0.496 e. The number of nitrogens with zero attached hydrogens (tertiary/aromatic N) is 11. The van der Waals surface area contributed by atoms with Gasteiger partial charge in [0.2, 0.25) is 5.91 Å². The molecular weight excluding hydrogens is 1020 g/mol. The second-order valence-electron chi connectivity index (χ2n) is 21.3. The number of methoxy groups -OCH3 is 2. The first-order chi connectivity index (χ1) is 37.2. The molecule has 1 saturated carbocycles. The Morgan fingerprint density at radius 1 is 0.753 bits per heavy atom. The zero-order valence-electron chi connectivity index (χ0n) is 43.9. The second kappa shape index (κ2) is 18.5. The number of aryl methyl sites for hydroxylation is 1. The molecule has 0 spiro atoms. The molecule has 77 heavy (non-hydrogen) atoms. The molecule has 5 aliphatic rings. The van der Waals surface area contributed by atoms with Crippen molar-refractivity contribution in [1.29, 1.82) is 0 Å². The average molecular weight is 1080 g/mol. The van der Waals surface area contributed by atoms with E-state index in [-0.39, 0.29) is 37.5 Å². The van der Waals surface area contributed by atoms with Crippen molar-refractivity contribution in [1.82, 2.24) is 53.8 Å². The minimum atomic E-state index is -0.818. The normalized spacial score (nSPS) is 18.5. The van der Waals surface area contributed by atoms with Crippen LogP contribution in [0.1, 0.15) is 84.4 Å². The molecule has 0 radical (unpaired) electrons. The van der Waals surface area contributed by atoms with Gasteiger partial charge in [0.05, 0.1) is 79.2 Å². The molecule has 10 heterocycles. The third kappa shape index (κ3) is 8.19. The molecule has 3 fully saturated rings. The van der Waals surface area contributed by atoms with Crippen LogP contribution < -0.4 is 18.9 Å². The van der Waals surface area contributed by atoms with Crippen LogP contribution in [0.5, 0.6) is 23.0 Å². The number of aromatic nitrogens is 8. The Morgan fingerprint density at radius 2 is 1.36 bits per heavy atom. The first-order valence-corrected chi connectivity index (χ1v) is 27.6. The predicted octanol–water partition coefficient (Wildman–Crippen LogP) is 8.47. The van der Waals surface area contributed by atoms with Crippen LogP contribution in [0.25, 0.3) is 56.3 Å². The lowest BCUT2D eigenvalue weighted by molar-refractivity contribution is -0.133. The first kappa shape index (κ1) is 48.9. The summed E-state index contributed by atoms with van der Waals surface area (Å²) in [6, 6.07) is 14.3. The van der Waals surface area contributed by atoms with Crippen LogP contribution in [0.3, 0.4) is 0 Å². The zero-order valence-corrected chi connectivity index (χ0v) is 45.5. The topological polar surface area (TPSA) is 178 Å². The smallest absolute Gasteiger partial charge is 0.275 e. The number of benzene rings is 2. The van der Waals surface area contributed by atoms with Gasteiger partial charge in [-0.15, -0.1) is 0 Å². The van der Waals surface area contributed by atoms with E-state index in [4.69, 9.17) is 39.0 Å². The van der Waals surface area contributed by atoms with E-state index in [1.165, 1.54) is 11.3 Å². The molecule has 0 bridgehead atoms. The number of morpholine rings is 1. The molecule has 396 valence electrons. The summed E-state index contributed by atoms with van der Waals surface area (Å²) in [7, 11) is 5.18. The highest BCUT2D eigenvalue weighted by Crippen LogP contribution is 2.49. The van der Waals surface area contributed by atoms with Gasteiger partial charge in [0, 0.05) is 120 Å². The van der Waals surface area contributed by atoms with Crippen molar-refractivity contribution in [3.8, 4) is 79.3 Å². The quantitative estimate of drug-likeness (QED) is 0.121. The van der Waals surface area contributed by atoms with Crippen LogP contribution in [0.2, 0.25) is 0 Å². The summed E-state index contributed by atoms with van der Waals surface area (Å²) in [6.07, 6.45) is 6.59. The van der Waals surface area contributed by atoms with E-state index in [1.807, 2.05) is 114 Å². The van der Waals surface area contributed by atoms with Gasteiger partial charge in [-0.3, -0.25) is 23.7 Å². The van der Waals surface area contributed by atoms with Crippen molar-refractivity contribution in [2.75, 3.05) is 53.6 Å². The van der Waals surface area contributed by atoms with Crippen LogP contribution in [-0.4, -0.2) is 136 Å². The summed E-state index contributed by atoms with van der Waals surface area (Å²) >= 11 is 3.10. The number of hydrogen-bond acceptors (Lipinski definition) is 14. The van der Waals surface area contributed by atoms with Gasteiger partial charge < -0.3 is 38.4 Å². The molecule has 1 aliphatic carbocycles. The van der Waals surface area contributed by atoms with Crippen molar-refractivity contribution in [2.45, 2.75) is 77.3 Å². The van der Waals surface area contributed by atoms with Crippen LogP contribution in [0.4, 0.5) is 0 Å². The third-order valence-corrected chi connectivity index (χ3v) is 17.1. The zero-order chi connectivity index (χ0) is 53.1. The highest BCUT2D eigenvalue weighted by molar-refractivity contribution is 7.08. The van der Waals surface area contributed by atoms with E-state index >= 15 is 4.79 Å². The third-order valence-electron chi connectivity index (χ3n) is 15.7. The molecular formula is C56H57N11O8S2. The number of ether oxygens (including phenoxy) is 5. The number of carbonyl (C=O) groups is 3. The summed E-state index contributed by atoms with van der Waals surface area (Å²) in [5.41, 5.74) is 9.31. The summed E-state index contributed by atoms with van der Waals surface area (Å²) in [4.78, 5) is 48.0. The number of hydrogen-bond donors (Lipinski definition) is 0. The molecule has 3 amide bonds. The van der Waals surface area contributed by atoms with Gasteiger partial charge in [0.25, 0.3) is 11.8 Å². The number of thiophene rings is 2. The van der Waals surface area contributed by atoms with Gasteiger partial charge in [-0.2, -0.15) is 43.1 Å². The molecule has 2 saturated heterocycles. The predicted molar refractivity (Wildman–Crippen MR) is 289 cm³/mol. The van der Waals surface area contributed by atoms with Gasteiger partial charge in [-0.1, -0.05) is 0 Å². The number of amides is 3. The maximum atomic E-state index is 15.4. The number of carbonyl (C=O) groups excluding carboxylic acids is 3. The number of piperazine rings is 1. The first-order valence-electron chi connectivity index (χ1n) is 25.8.